The molecule has 2 amide bonds. The molecule has 1 aromatic carbocycles. The van der Waals surface area contributed by atoms with Gasteiger partial charge in [-0.05, 0) is 50.2 Å². The molecule has 0 radical (unpaired) electrons. The van der Waals surface area contributed by atoms with Gasteiger partial charge in [0.1, 0.15) is 17.6 Å². The van der Waals surface area contributed by atoms with Gasteiger partial charge in [0.15, 0.2) is 5.82 Å². The second-order valence-corrected chi connectivity index (χ2v) is 9.79. The number of nitrogens with zero attached hydrogens (tertiary/aromatic N) is 4. The van der Waals surface area contributed by atoms with Crippen molar-refractivity contribution in [3.8, 4) is 11.5 Å². The first-order chi connectivity index (χ1) is 17.7. The van der Waals surface area contributed by atoms with Crippen LogP contribution in [0.15, 0.2) is 17.1 Å². The molecule has 3 atom stereocenters. The Morgan fingerprint density at radius 1 is 1.24 bits per heavy atom. The summed E-state index contributed by atoms with van der Waals surface area (Å²) in [5, 5.41) is 23.8. The molecule has 1 aromatic heterocycles. The minimum atomic E-state index is -0.375. The second kappa shape index (κ2) is 11.2. The number of hydrogen-bond acceptors (Lipinski definition) is 8. The molecule has 1 fully saturated rings. The topological polar surface area (TPSA) is 132 Å². The van der Waals surface area contributed by atoms with E-state index in [2.05, 4.69) is 20.5 Å². The minimum Gasteiger partial charge on any atom is -0.507 e. The number of nitrogens with one attached hydrogen (secondary N) is 2. The highest BCUT2D eigenvalue weighted by Crippen LogP contribution is 2.40. The number of ether oxygens (including phenoxy) is 2. The first kappa shape index (κ1) is 26.5. The number of fused-ring (bicyclic) bond motifs is 1. The molecule has 0 saturated heterocycles. The maximum absolute atomic E-state index is 13.1. The molecule has 2 aliphatic carbocycles. The number of methoxy groups -OCH3 is 1. The van der Waals surface area contributed by atoms with Gasteiger partial charge in [-0.15, -0.1) is 0 Å². The van der Waals surface area contributed by atoms with E-state index in [9.17, 15) is 14.7 Å². The number of amides is 2. The average Bonchev–Trinajstić information content (AvgIpc) is 3.62. The first-order valence-corrected chi connectivity index (χ1v) is 12.6. The van der Waals surface area contributed by atoms with Crippen LogP contribution in [0.2, 0.25) is 0 Å². The van der Waals surface area contributed by atoms with E-state index in [4.69, 9.17) is 9.47 Å². The van der Waals surface area contributed by atoms with Crippen LogP contribution in [-0.2, 0) is 22.4 Å². The maximum atomic E-state index is 13.1. The summed E-state index contributed by atoms with van der Waals surface area (Å²) in [6.07, 6.45) is 4.45. The summed E-state index contributed by atoms with van der Waals surface area (Å²) in [5.41, 5.74) is 3.37. The van der Waals surface area contributed by atoms with Crippen LogP contribution in [0.3, 0.4) is 0 Å². The van der Waals surface area contributed by atoms with Crippen LogP contribution in [0.25, 0.3) is 0 Å². The summed E-state index contributed by atoms with van der Waals surface area (Å²) in [7, 11) is 6.79. The Kier molecular flexibility index (Phi) is 8.01. The molecule has 0 spiro atoms. The molecule has 0 bridgehead atoms. The number of carbonyl (C=O) groups excluding carboxylic acids is 2. The number of H-pyrrole nitrogens is 1. The smallest absolute Gasteiger partial charge is 0.424 e. The van der Waals surface area contributed by atoms with E-state index in [-0.39, 0.29) is 35.7 Å². The summed E-state index contributed by atoms with van der Waals surface area (Å²) in [4.78, 5) is 29.6. The van der Waals surface area contributed by atoms with Gasteiger partial charge in [0.05, 0.1) is 7.11 Å². The van der Waals surface area contributed by atoms with E-state index in [0.29, 0.717) is 42.9 Å². The van der Waals surface area contributed by atoms with Crippen LogP contribution in [0, 0.1) is 5.92 Å². The number of anilines is 1. The first-order valence-electron chi connectivity index (χ1n) is 12.6. The van der Waals surface area contributed by atoms with Crippen molar-refractivity contribution >= 4 is 24.0 Å². The molecule has 11 nitrogen and oxygen atoms in total. The molecule has 1 heterocycles. The van der Waals surface area contributed by atoms with Gasteiger partial charge in [0.25, 0.3) is 0 Å². The number of hydrazine groups is 1. The molecular weight excluding hydrogens is 476 g/mol. The van der Waals surface area contributed by atoms with Crippen molar-refractivity contribution < 1.29 is 24.2 Å². The van der Waals surface area contributed by atoms with Gasteiger partial charge in [-0.1, -0.05) is 0 Å². The zero-order chi connectivity index (χ0) is 26.7. The zero-order valence-electron chi connectivity index (χ0n) is 22.1. The number of aromatic amines is 1. The number of benzene rings is 1. The summed E-state index contributed by atoms with van der Waals surface area (Å²) in [6.45, 7) is 2.52. The predicted molar refractivity (Wildman–Crippen MR) is 139 cm³/mol. The molecule has 0 aliphatic heterocycles. The van der Waals surface area contributed by atoms with Crippen LogP contribution in [0.5, 0.6) is 11.5 Å². The lowest BCUT2D eigenvalue weighted by atomic mass is 10.0. The number of phenols is 1. The van der Waals surface area contributed by atoms with Crippen LogP contribution >= 0.6 is 0 Å². The number of phenolic OH excluding ortho intramolecular Hbond substituents is 1. The van der Waals surface area contributed by atoms with Gasteiger partial charge in [0, 0.05) is 69.1 Å². The number of aromatic nitrogens is 2. The fourth-order valence-corrected chi connectivity index (χ4v) is 5.02. The monoisotopic (exact) mass is 512 g/mol. The van der Waals surface area contributed by atoms with Gasteiger partial charge in [-0.2, -0.15) is 5.10 Å². The molecular formula is C26H36N6O5. The minimum absolute atomic E-state index is 0.0970. The molecule has 11 heteroatoms. The van der Waals surface area contributed by atoms with Gasteiger partial charge in [-0.3, -0.25) is 14.9 Å². The molecule has 2 aromatic rings. The Balaban J connectivity index is 1.38. The van der Waals surface area contributed by atoms with E-state index in [1.54, 1.807) is 45.5 Å². The summed E-state index contributed by atoms with van der Waals surface area (Å²) >= 11 is 0. The highest BCUT2D eigenvalue weighted by Gasteiger charge is 2.34. The van der Waals surface area contributed by atoms with Gasteiger partial charge < -0.3 is 19.9 Å². The lowest BCUT2D eigenvalue weighted by Crippen LogP contribution is -2.40. The van der Waals surface area contributed by atoms with Crippen LogP contribution in [-0.4, -0.2) is 84.4 Å². The Labute approximate surface area is 216 Å². The third-order valence-electron chi connectivity index (χ3n) is 7.23. The van der Waals surface area contributed by atoms with Gasteiger partial charge in [-0.25, -0.2) is 14.8 Å². The number of aromatic hydroxyl groups is 1. The van der Waals surface area contributed by atoms with Gasteiger partial charge in [0.2, 0.25) is 5.91 Å². The van der Waals surface area contributed by atoms with Crippen LogP contribution in [0.4, 0.5) is 10.6 Å². The standard InChI is InChI=1S/C26H36N6O5/c1-6-27-14-20-18-10-16(11-19(18)23(36-5)13-22(20)33)25(34)28-24-12-21(29-30-24)15-7-8-17(9-15)37-26(35)32(4)31(2)3/h12-17,33H,6-11H2,1-5H3,(H2,28,29,30,34)/t15-,16-,17+/m0/s1. The van der Waals surface area contributed by atoms with Crippen molar-refractivity contribution in [3.63, 3.8) is 0 Å². The van der Waals surface area contributed by atoms with Gasteiger partial charge >= 0.3 is 6.09 Å². The summed E-state index contributed by atoms with van der Waals surface area (Å²) in [6, 6.07) is 3.44. The fraction of sp³-hybridized carbons (Fsp3) is 0.538. The van der Waals surface area contributed by atoms with E-state index in [1.165, 1.54) is 5.01 Å². The molecule has 1 saturated carbocycles. The maximum Gasteiger partial charge on any atom is 0.424 e. The number of hydrogen-bond donors (Lipinski definition) is 3. The Morgan fingerprint density at radius 2 is 2.00 bits per heavy atom. The van der Waals surface area contributed by atoms with Crippen molar-refractivity contribution in [2.24, 2.45) is 10.9 Å². The SMILES string of the molecule is CCN=Cc1c(O)cc(OC)c2c1C[C@H](C(=O)Nc1cc([C@H]3CC[C@@H](OC(=O)N(C)N(C)C)C3)[nH]n1)C2. The Hall–Kier alpha value is -3.60. The lowest BCUT2D eigenvalue weighted by Gasteiger charge is -2.25. The normalized spacial score (nSPS) is 20.9. The third-order valence-corrected chi connectivity index (χ3v) is 7.23. The quantitative estimate of drug-likeness (QED) is 0.366. The van der Waals surface area contributed by atoms with Crippen molar-refractivity contribution in [2.45, 2.75) is 51.0 Å². The predicted octanol–water partition coefficient (Wildman–Crippen LogP) is 3.10. The molecule has 37 heavy (non-hydrogen) atoms. The fourth-order valence-electron chi connectivity index (χ4n) is 5.02. The largest absolute Gasteiger partial charge is 0.507 e. The van der Waals surface area contributed by atoms with Crippen molar-refractivity contribution in [3.05, 3.63) is 34.5 Å². The third kappa shape index (κ3) is 5.71. The number of aliphatic imine (C=N–C) groups is 1. The highest BCUT2D eigenvalue weighted by molar-refractivity contribution is 5.94. The van der Waals surface area contributed by atoms with E-state index >= 15 is 0 Å². The van der Waals surface area contributed by atoms with E-state index < -0.39 is 0 Å². The van der Waals surface area contributed by atoms with Crippen LogP contribution < -0.4 is 10.1 Å². The Bertz CT molecular complexity index is 1180. The van der Waals surface area contributed by atoms with Crippen molar-refractivity contribution in [2.75, 3.05) is 40.1 Å². The number of carbonyl (C=O) groups is 2. The molecule has 3 N–H and O–H groups in total. The van der Waals surface area contributed by atoms with Crippen LogP contribution in [0.1, 0.15) is 54.5 Å². The zero-order valence-corrected chi connectivity index (χ0v) is 22.1. The summed E-state index contributed by atoms with van der Waals surface area (Å²) in [5.74, 6) is 0.851. The second-order valence-electron chi connectivity index (χ2n) is 9.79. The van der Waals surface area contributed by atoms with Crippen molar-refractivity contribution in [1.29, 1.82) is 0 Å². The van der Waals surface area contributed by atoms with E-state index in [0.717, 1.165) is 29.7 Å². The highest BCUT2D eigenvalue weighted by atomic mass is 16.6. The molecule has 200 valence electrons. The summed E-state index contributed by atoms with van der Waals surface area (Å²) < 4.78 is 11.1. The van der Waals surface area contributed by atoms with Crippen molar-refractivity contribution in [1.82, 2.24) is 20.2 Å². The molecule has 0 unspecified atom stereocenters. The molecule has 4 rings (SSSR count). The van der Waals surface area contributed by atoms with E-state index in [1.807, 2.05) is 13.0 Å². The molecule has 2 aliphatic rings. The lowest BCUT2D eigenvalue weighted by molar-refractivity contribution is -0.119. The Morgan fingerprint density at radius 3 is 2.70 bits per heavy atom. The average molecular weight is 513 g/mol. The number of rotatable bonds is 8.